The molecule has 1 atom stereocenters. The number of phenols is 2. The zero-order chi connectivity index (χ0) is 14.1. The molecular weight excluding hydrogens is 232 g/mol. The maximum absolute atomic E-state index is 10.1. The van der Waals surface area contributed by atoms with Gasteiger partial charge in [-0.1, -0.05) is 0 Å². The molecule has 0 amide bonds. The molecule has 4 N–H and O–H groups in total. The van der Waals surface area contributed by atoms with Gasteiger partial charge in [0.05, 0.1) is 12.2 Å². The van der Waals surface area contributed by atoms with Crippen molar-refractivity contribution in [2.45, 2.75) is 46.1 Å². The molecule has 1 aromatic carbocycles. The summed E-state index contributed by atoms with van der Waals surface area (Å²) in [6, 6.07) is 0. The summed E-state index contributed by atoms with van der Waals surface area (Å²) < 4.78 is 0. The van der Waals surface area contributed by atoms with Crippen LogP contribution in [-0.2, 0) is 6.42 Å². The number of phenolic OH excluding ortho intramolecular Hbond substituents is 2. The summed E-state index contributed by atoms with van der Waals surface area (Å²) in [5, 5.41) is 38.8. The van der Waals surface area contributed by atoms with Gasteiger partial charge < -0.3 is 20.4 Å². The topological polar surface area (TPSA) is 80.9 Å². The number of rotatable bonds is 4. The number of aliphatic hydroxyl groups excluding tert-OH is 1. The molecule has 0 aliphatic carbocycles. The molecule has 0 radical (unpaired) electrons. The number of hydrogen-bond acceptors (Lipinski definition) is 4. The summed E-state index contributed by atoms with van der Waals surface area (Å²) in [5.74, 6) is 0.348. The van der Waals surface area contributed by atoms with Crippen LogP contribution in [0.3, 0.4) is 0 Å². The first kappa shape index (κ1) is 14.8. The van der Waals surface area contributed by atoms with Gasteiger partial charge in [-0.3, -0.25) is 0 Å². The Hall–Kier alpha value is -1.26. The smallest absolute Gasteiger partial charge is 0.122 e. The fourth-order valence-electron chi connectivity index (χ4n) is 1.96. The molecule has 1 rings (SSSR count). The second-order valence-corrected chi connectivity index (χ2v) is 5.21. The third kappa shape index (κ3) is 2.76. The SMILES string of the molecule is Cc1c(C)c(O)c(CC[C@](C)(O)CO)c(C)c1O. The van der Waals surface area contributed by atoms with Crippen LogP contribution in [-0.4, -0.2) is 32.6 Å². The van der Waals surface area contributed by atoms with Gasteiger partial charge in [-0.15, -0.1) is 0 Å². The summed E-state index contributed by atoms with van der Waals surface area (Å²) >= 11 is 0. The van der Waals surface area contributed by atoms with E-state index < -0.39 is 5.60 Å². The quantitative estimate of drug-likeness (QED) is 0.616. The fraction of sp³-hybridized carbons (Fsp3) is 0.571. The molecule has 0 heterocycles. The van der Waals surface area contributed by atoms with Crippen molar-refractivity contribution in [3.8, 4) is 11.5 Å². The van der Waals surface area contributed by atoms with Crippen molar-refractivity contribution >= 4 is 0 Å². The molecule has 18 heavy (non-hydrogen) atoms. The van der Waals surface area contributed by atoms with E-state index in [4.69, 9.17) is 5.11 Å². The minimum absolute atomic E-state index is 0.163. The average molecular weight is 254 g/mol. The molecule has 1 aromatic rings. The molecule has 0 fully saturated rings. The minimum Gasteiger partial charge on any atom is -0.507 e. The molecular formula is C14H22O4. The summed E-state index contributed by atoms with van der Waals surface area (Å²) in [6.07, 6.45) is 0.722. The Morgan fingerprint density at radius 3 is 1.94 bits per heavy atom. The highest BCUT2D eigenvalue weighted by Gasteiger charge is 2.22. The largest absolute Gasteiger partial charge is 0.507 e. The van der Waals surface area contributed by atoms with Crippen molar-refractivity contribution in [3.05, 3.63) is 22.3 Å². The molecule has 0 bridgehead atoms. The van der Waals surface area contributed by atoms with Crippen LogP contribution in [0.15, 0.2) is 0 Å². The molecule has 102 valence electrons. The summed E-state index contributed by atoms with van der Waals surface area (Å²) in [6.45, 7) is 6.46. The van der Waals surface area contributed by atoms with E-state index in [0.29, 0.717) is 35.1 Å². The van der Waals surface area contributed by atoms with Gasteiger partial charge in [-0.05, 0) is 57.2 Å². The first-order valence-corrected chi connectivity index (χ1v) is 6.05. The Morgan fingerprint density at radius 2 is 1.44 bits per heavy atom. The van der Waals surface area contributed by atoms with E-state index in [2.05, 4.69) is 0 Å². The van der Waals surface area contributed by atoms with E-state index in [9.17, 15) is 15.3 Å². The minimum atomic E-state index is -1.17. The Kier molecular flexibility index (Phi) is 4.24. The number of hydrogen-bond donors (Lipinski definition) is 4. The van der Waals surface area contributed by atoms with Crippen molar-refractivity contribution in [2.75, 3.05) is 6.61 Å². The maximum atomic E-state index is 10.1. The van der Waals surface area contributed by atoms with E-state index >= 15 is 0 Å². The average Bonchev–Trinajstić information content (AvgIpc) is 2.34. The van der Waals surface area contributed by atoms with Crippen molar-refractivity contribution < 1.29 is 20.4 Å². The summed E-state index contributed by atoms with van der Waals surface area (Å²) in [5.41, 5.74) is 1.40. The predicted octanol–water partition coefficient (Wildman–Crippen LogP) is 1.70. The highest BCUT2D eigenvalue weighted by Crippen LogP contribution is 2.37. The van der Waals surface area contributed by atoms with Crippen LogP contribution >= 0.6 is 0 Å². The van der Waals surface area contributed by atoms with Crippen LogP contribution in [0.2, 0.25) is 0 Å². The van der Waals surface area contributed by atoms with Gasteiger partial charge in [0.1, 0.15) is 11.5 Å². The Morgan fingerprint density at radius 1 is 0.944 bits per heavy atom. The lowest BCUT2D eigenvalue weighted by atomic mass is 9.91. The van der Waals surface area contributed by atoms with Gasteiger partial charge in [0, 0.05) is 5.56 Å². The predicted molar refractivity (Wildman–Crippen MR) is 70.0 cm³/mol. The molecule has 4 heteroatoms. The van der Waals surface area contributed by atoms with Gasteiger partial charge in [-0.2, -0.15) is 0 Å². The number of aliphatic hydroxyl groups is 2. The zero-order valence-corrected chi connectivity index (χ0v) is 11.4. The third-order valence-corrected chi connectivity index (χ3v) is 3.62. The van der Waals surface area contributed by atoms with Crippen molar-refractivity contribution in [2.24, 2.45) is 0 Å². The van der Waals surface area contributed by atoms with Crippen LogP contribution < -0.4 is 0 Å². The first-order valence-electron chi connectivity index (χ1n) is 6.05. The highest BCUT2D eigenvalue weighted by molar-refractivity contribution is 5.56. The normalized spacial score (nSPS) is 14.6. The number of benzene rings is 1. The molecule has 0 spiro atoms. The van der Waals surface area contributed by atoms with Crippen LogP contribution in [0.25, 0.3) is 0 Å². The Bertz CT molecular complexity index is 421. The molecule has 0 saturated heterocycles. The second kappa shape index (κ2) is 5.16. The molecule has 0 aliphatic heterocycles. The van der Waals surface area contributed by atoms with Crippen molar-refractivity contribution in [1.82, 2.24) is 0 Å². The third-order valence-electron chi connectivity index (χ3n) is 3.62. The lowest BCUT2D eigenvalue weighted by molar-refractivity contribution is -0.00485. The lowest BCUT2D eigenvalue weighted by Gasteiger charge is -2.22. The van der Waals surface area contributed by atoms with E-state index in [0.717, 1.165) is 0 Å². The Labute approximate surface area is 108 Å². The van der Waals surface area contributed by atoms with Crippen molar-refractivity contribution in [1.29, 1.82) is 0 Å². The summed E-state index contributed by atoms with van der Waals surface area (Å²) in [4.78, 5) is 0. The van der Waals surface area contributed by atoms with Crippen LogP contribution in [0.1, 0.15) is 35.6 Å². The molecule has 0 aromatic heterocycles. The second-order valence-electron chi connectivity index (χ2n) is 5.21. The van der Waals surface area contributed by atoms with E-state index in [1.54, 1.807) is 27.7 Å². The standard InChI is InChI=1S/C14H22O4/c1-8-9(2)13(17)11(10(3)12(8)16)5-6-14(4,18)7-15/h15-18H,5-7H2,1-4H3/t14-/m0/s1. The molecule has 0 aliphatic rings. The maximum Gasteiger partial charge on any atom is 0.122 e. The molecule has 0 unspecified atom stereocenters. The summed E-state index contributed by atoms with van der Waals surface area (Å²) in [7, 11) is 0. The van der Waals surface area contributed by atoms with Gasteiger partial charge >= 0.3 is 0 Å². The first-order chi connectivity index (χ1) is 8.21. The highest BCUT2D eigenvalue weighted by atomic mass is 16.3. The van der Waals surface area contributed by atoms with E-state index in [-0.39, 0.29) is 18.1 Å². The Balaban J connectivity index is 3.11. The van der Waals surface area contributed by atoms with Crippen LogP contribution in [0.4, 0.5) is 0 Å². The number of aromatic hydroxyl groups is 2. The van der Waals surface area contributed by atoms with Gasteiger partial charge in [0.25, 0.3) is 0 Å². The van der Waals surface area contributed by atoms with E-state index in [1.165, 1.54) is 0 Å². The lowest BCUT2D eigenvalue weighted by Crippen LogP contribution is -2.29. The molecule has 4 nitrogen and oxygen atoms in total. The van der Waals surface area contributed by atoms with Crippen molar-refractivity contribution in [3.63, 3.8) is 0 Å². The van der Waals surface area contributed by atoms with Gasteiger partial charge in [0.2, 0.25) is 0 Å². The van der Waals surface area contributed by atoms with Crippen LogP contribution in [0, 0.1) is 20.8 Å². The van der Waals surface area contributed by atoms with Crippen LogP contribution in [0.5, 0.6) is 11.5 Å². The van der Waals surface area contributed by atoms with Gasteiger partial charge in [-0.25, -0.2) is 0 Å². The molecule has 0 saturated carbocycles. The fourth-order valence-corrected chi connectivity index (χ4v) is 1.96. The van der Waals surface area contributed by atoms with Gasteiger partial charge in [0.15, 0.2) is 0 Å². The van der Waals surface area contributed by atoms with E-state index in [1.807, 2.05) is 0 Å². The monoisotopic (exact) mass is 254 g/mol. The zero-order valence-electron chi connectivity index (χ0n) is 11.4.